The molecular weight excluding hydrogens is 506 g/mol. The van der Waals surface area contributed by atoms with Gasteiger partial charge in [-0.3, -0.25) is 0 Å². The smallest absolute Gasteiger partial charge is 0.141 e. The minimum atomic E-state index is -0.667. The van der Waals surface area contributed by atoms with Gasteiger partial charge in [-0.2, -0.15) is 10.5 Å². The van der Waals surface area contributed by atoms with E-state index in [-0.39, 0.29) is 12.2 Å². The zero-order valence-electron chi connectivity index (χ0n) is 22.5. The van der Waals surface area contributed by atoms with Crippen molar-refractivity contribution >= 4 is 16.6 Å². The van der Waals surface area contributed by atoms with E-state index >= 15 is 0 Å². The largest absolute Gasteiger partial charge is 0.489 e. The monoisotopic (exact) mass is 537 g/mol. The van der Waals surface area contributed by atoms with E-state index in [2.05, 4.69) is 33.2 Å². The topological polar surface area (TPSA) is 126 Å². The quantitative estimate of drug-likeness (QED) is 0.452. The van der Waals surface area contributed by atoms with Crippen molar-refractivity contribution in [3.8, 4) is 29.1 Å². The number of hydrogen-bond donors (Lipinski definition) is 1. The fraction of sp³-hybridized carbons (Fsp3) is 0.419. The molecule has 1 aromatic carbocycles. The first-order chi connectivity index (χ1) is 19.6. The normalized spacial score (nSPS) is 22.3. The van der Waals surface area contributed by atoms with E-state index < -0.39 is 5.60 Å². The van der Waals surface area contributed by atoms with E-state index in [1.165, 1.54) is 6.33 Å². The second-order valence-corrected chi connectivity index (χ2v) is 10.6. The van der Waals surface area contributed by atoms with Crippen molar-refractivity contribution < 1.29 is 18.9 Å². The molecule has 0 radical (unpaired) electrons. The predicted molar refractivity (Wildman–Crippen MR) is 148 cm³/mol. The van der Waals surface area contributed by atoms with Crippen LogP contribution in [-0.2, 0) is 14.2 Å². The molecule has 0 saturated carbocycles. The molecule has 3 aromatic rings. The second kappa shape index (κ2) is 11.2. The first-order valence-corrected chi connectivity index (χ1v) is 13.8. The summed E-state index contributed by atoms with van der Waals surface area (Å²) >= 11 is 0. The van der Waals surface area contributed by atoms with Crippen molar-refractivity contribution in [3.05, 3.63) is 59.6 Å². The van der Waals surface area contributed by atoms with E-state index in [1.807, 2.05) is 37.3 Å². The summed E-state index contributed by atoms with van der Waals surface area (Å²) in [6.45, 7) is 4.70. The minimum absolute atomic E-state index is 0.0451. The molecule has 1 aliphatic carbocycles. The second-order valence-electron chi connectivity index (χ2n) is 10.6. The summed E-state index contributed by atoms with van der Waals surface area (Å²) in [4.78, 5) is 12.4. The van der Waals surface area contributed by atoms with E-state index in [0.717, 1.165) is 53.6 Å². The minimum Gasteiger partial charge on any atom is -0.489 e. The zero-order chi connectivity index (χ0) is 27.5. The zero-order valence-corrected chi connectivity index (χ0v) is 22.5. The number of fused-ring (bicyclic) bond motifs is 1. The Balaban J connectivity index is 1.27. The van der Waals surface area contributed by atoms with Gasteiger partial charge in [0.25, 0.3) is 0 Å². The predicted octanol–water partition coefficient (Wildman–Crippen LogP) is 5.25. The highest BCUT2D eigenvalue weighted by atomic mass is 16.5. The third-order valence-corrected chi connectivity index (χ3v) is 7.87. The number of H-pyrrole nitrogens is 1. The van der Waals surface area contributed by atoms with Crippen molar-refractivity contribution in [2.24, 2.45) is 0 Å². The summed E-state index contributed by atoms with van der Waals surface area (Å²) in [5.41, 5.74) is 4.35. The average Bonchev–Trinajstić information content (AvgIpc) is 3.43. The maximum Gasteiger partial charge on any atom is 0.141 e. The highest BCUT2D eigenvalue weighted by Gasteiger charge is 2.36. The number of benzene rings is 1. The summed E-state index contributed by atoms with van der Waals surface area (Å²) in [7, 11) is 0. The third kappa shape index (κ3) is 5.24. The summed E-state index contributed by atoms with van der Waals surface area (Å²) in [5, 5.41) is 20.7. The molecule has 204 valence electrons. The molecule has 2 fully saturated rings. The molecule has 9 heteroatoms. The molecule has 40 heavy (non-hydrogen) atoms. The molecule has 1 N–H and O–H groups in total. The molecule has 2 aliphatic heterocycles. The number of aromatic amines is 1. The first-order valence-electron chi connectivity index (χ1n) is 13.8. The summed E-state index contributed by atoms with van der Waals surface area (Å²) in [6.07, 6.45) is 9.54. The van der Waals surface area contributed by atoms with Crippen LogP contribution in [0.1, 0.15) is 50.3 Å². The number of ether oxygens (including phenoxy) is 4. The molecule has 2 aromatic heterocycles. The van der Waals surface area contributed by atoms with Crippen molar-refractivity contribution in [2.75, 3.05) is 26.4 Å². The molecule has 0 amide bonds. The number of aromatic nitrogens is 3. The Labute approximate surface area is 233 Å². The van der Waals surface area contributed by atoms with Crippen LogP contribution in [0.4, 0.5) is 0 Å². The van der Waals surface area contributed by atoms with E-state index in [4.69, 9.17) is 18.9 Å². The molecule has 9 nitrogen and oxygen atoms in total. The Morgan fingerprint density at radius 2 is 1.73 bits per heavy atom. The molecule has 6 rings (SSSR count). The molecule has 1 atom stereocenters. The van der Waals surface area contributed by atoms with Gasteiger partial charge < -0.3 is 23.9 Å². The van der Waals surface area contributed by atoms with Gasteiger partial charge >= 0.3 is 0 Å². The SMILES string of the molecule is CC1(OC2CCOCC2)CC=C(c2cc3c(-c4ccc(OC5CCOCC5)c(C#N)c4)ncnc3[nH]2)C=C1C#N. The molecule has 1 unspecified atom stereocenters. The number of nitrogens with zero attached hydrogens (tertiary/aromatic N) is 4. The molecular formula is C31H31N5O4. The Morgan fingerprint density at radius 1 is 0.975 bits per heavy atom. The number of rotatable bonds is 6. The number of nitrogens with one attached hydrogen (secondary N) is 1. The van der Waals surface area contributed by atoms with Gasteiger partial charge in [-0.05, 0) is 62.1 Å². The highest BCUT2D eigenvalue weighted by molar-refractivity contribution is 5.94. The lowest BCUT2D eigenvalue weighted by atomic mass is 9.84. The van der Waals surface area contributed by atoms with Gasteiger partial charge in [0.15, 0.2) is 0 Å². The lowest BCUT2D eigenvalue weighted by molar-refractivity contribution is -0.0974. The van der Waals surface area contributed by atoms with E-state index in [1.54, 1.807) is 0 Å². The van der Waals surface area contributed by atoms with Crippen LogP contribution >= 0.6 is 0 Å². The van der Waals surface area contributed by atoms with Gasteiger partial charge in [0.1, 0.15) is 35.5 Å². The van der Waals surface area contributed by atoms with Crippen LogP contribution in [0, 0.1) is 22.7 Å². The van der Waals surface area contributed by atoms with Gasteiger partial charge in [-0.25, -0.2) is 9.97 Å². The van der Waals surface area contributed by atoms with Crippen molar-refractivity contribution in [3.63, 3.8) is 0 Å². The van der Waals surface area contributed by atoms with Gasteiger partial charge in [0, 0.05) is 42.7 Å². The summed E-state index contributed by atoms with van der Waals surface area (Å²) in [5.74, 6) is 0.575. The molecule has 4 heterocycles. The van der Waals surface area contributed by atoms with Crippen molar-refractivity contribution in [1.29, 1.82) is 10.5 Å². The van der Waals surface area contributed by atoms with Gasteiger partial charge in [-0.1, -0.05) is 6.08 Å². The Bertz CT molecular complexity index is 1550. The maximum atomic E-state index is 10.0. The van der Waals surface area contributed by atoms with Crippen molar-refractivity contribution in [1.82, 2.24) is 15.0 Å². The number of allylic oxidation sites excluding steroid dienone is 2. The van der Waals surface area contributed by atoms with Crippen LogP contribution in [-0.4, -0.2) is 59.2 Å². The van der Waals surface area contributed by atoms with Crippen LogP contribution in [0.25, 0.3) is 27.9 Å². The third-order valence-electron chi connectivity index (χ3n) is 7.87. The lowest BCUT2D eigenvalue weighted by Gasteiger charge is -2.36. The maximum absolute atomic E-state index is 10.0. The average molecular weight is 538 g/mol. The molecule has 2 saturated heterocycles. The van der Waals surface area contributed by atoms with Crippen molar-refractivity contribution in [2.45, 2.75) is 56.8 Å². The molecule has 0 spiro atoms. The van der Waals surface area contributed by atoms with Gasteiger partial charge in [0.05, 0.1) is 42.2 Å². The van der Waals surface area contributed by atoms with Crippen LogP contribution in [0.5, 0.6) is 5.75 Å². The van der Waals surface area contributed by atoms with E-state index in [0.29, 0.717) is 55.4 Å². The Hall–Kier alpha value is -4.02. The number of hydrogen-bond acceptors (Lipinski definition) is 8. The number of nitriles is 2. The fourth-order valence-electron chi connectivity index (χ4n) is 5.56. The first kappa shape index (κ1) is 26.2. The fourth-order valence-corrected chi connectivity index (χ4v) is 5.56. The highest BCUT2D eigenvalue weighted by Crippen LogP contribution is 2.38. The molecule has 0 bridgehead atoms. The van der Waals surface area contributed by atoms with Crippen LogP contribution in [0.15, 0.2) is 48.3 Å². The Kier molecular flexibility index (Phi) is 7.36. The van der Waals surface area contributed by atoms with E-state index in [9.17, 15) is 10.5 Å². The molecule has 3 aliphatic rings. The van der Waals surface area contributed by atoms with Gasteiger partial charge in [0.2, 0.25) is 0 Å². The Morgan fingerprint density at radius 3 is 2.45 bits per heavy atom. The summed E-state index contributed by atoms with van der Waals surface area (Å²) in [6, 6.07) is 12.2. The summed E-state index contributed by atoms with van der Waals surface area (Å²) < 4.78 is 23.4. The van der Waals surface area contributed by atoms with Crippen LogP contribution in [0.3, 0.4) is 0 Å². The van der Waals surface area contributed by atoms with Crippen LogP contribution < -0.4 is 4.74 Å². The van der Waals surface area contributed by atoms with Gasteiger partial charge in [-0.15, -0.1) is 0 Å². The standard InChI is InChI=1S/C31H31N5O4/c1-31(40-25-7-12-38-13-8-25)9-4-20(15-23(31)18-33)27-16-26-29(34-19-35-30(26)36-27)21-2-3-28(22(14-21)17-32)39-24-5-10-37-11-6-24/h2-4,14-16,19,24-25H,5-13H2,1H3,(H,34,35,36). The van der Waals surface area contributed by atoms with Crippen LogP contribution in [0.2, 0.25) is 0 Å². The lowest BCUT2D eigenvalue weighted by Crippen LogP contribution is -2.38.